The van der Waals surface area contributed by atoms with Crippen molar-refractivity contribution in [2.45, 2.75) is 6.92 Å². The molecule has 0 radical (unpaired) electrons. The fraction of sp³-hybridized carbons (Fsp3) is 0.158. The van der Waals surface area contributed by atoms with Crippen molar-refractivity contribution in [3.63, 3.8) is 0 Å². The molecule has 0 unspecified atom stereocenters. The van der Waals surface area contributed by atoms with Crippen LogP contribution in [0.4, 0.5) is 0 Å². The first-order valence-electron chi connectivity index (χ1n) is 8.04. The molecule has 0 atom stereocenters. The number of nitrogens with zero attached hydrogens (tertiary/aromatic N) is 1. The molecule has 0 spiro atoms. The second kappa shape index (κ2) is 8.45. The number of carbonyl (C=O) groups excluding carboxylic acids is 1. The number of nitrogens with one attached hydrogen (secondary N) is 1. The van der Waals surface area contributed by atoms with E-state index in [1.807, 2.05) is 19.1 Å². The van der Waals surface area contributed by atoms with Crippen LogP contribution in [-0.4, -0.2) is 25.8 Å². The van der Waals surface area contributed by atoms with E-state index < -0.39 is 5.91 Å². The largest absolute Gasteiger partial charge is 0.493 e. The Morgan fingerprint density at radius 1 is 1.30 bits per heavy atom. The molecule has 1 N–H and O–H groups in total. The van der Waals surface area contributed by atoms with Gasteiger partial charge in [-0.2, -0.15) is 5.10 Å². The zero-order chi connectivity index (χ0) is 19.4. The van der Waals surface area contributed by atoms with E-state index in [2.05, 4.69) is 26.5 Å². The highest BCUT2D eigenvalue weighted by atomic mass is 79.9. The maximum Gasteiger partial charge on any atom is 0.307 e. The van der Waals surface area contributed by atoms with E-state index in [4.69, 9.17) is 25.5 Å². The first-order chi connectivity index (χ1) is 13.0. The van der Waals surface area contributed by atoms with Gasteiger partial charge < -0.3 is 13.9 Å². The summed E-state index contributed by atoms with van der Waals surface area (Å²) < 4.78 is 17.2. The highest BCUT2D eigenvalue weighted by Gasteiger charge is 2.12. The molecule has 0 aliphatic rings. The van der Waals surface area contributed by atoms with Gasteiger partial charge in [0.15, 0.2) is 17.3 Å². The normalized spacial score (nSPS) is 11.1. The van der Waals surface area contributed by atoms with Gasteiger partial charge in [0.25, 0.3) is 0 Å². The van der Waals surface area contributed by atoms with E-state index in [-0.39, 0.29) is 5.76 Å². The zero-order valence-corrected chi connectivity index (χ0v) is 16.9. The summed E-state index contributed by atoms with van der Waals surface area (Å²) in [4.78, 5) is 12.2. The van der Waals surface area contributed by atoms with E-state index in [1.165, 1.54) is 13.3 Å². The maximum atomic E-state index is 12.2. The summed E-state index contributed by atoms with van der Waals surface area (Å²) in [5, 5.41) is 5.18. The third-order valence-corrected chi connectivity index (χ3v) is 4.48. The van der Waals surface area contributed by atoms with Crippen LogP contribution in [0, 0.1) is 0 Å². The first kappa shape index (κ1) is 19.3. The predicted molar refractivity (Wildman–Crippen MR) is 108 cm³/mol. The van der Waals surface area contributed by atoms with Crippen LogP contribution in [0.1, 0.15) is 23.0 Å². The molecule has 3 rings (SSSR count). The lowest BCUT2D eigenvalue weighted by molar-refractivity contribution is 0.0929. The van der Waals surface area contributed by atoms with Gasteiger partial charge >= 0.3 is 5.91 Å². The summed E-state index contributed by atoms with van der Waals surface area (Å²) >= 11 is 9.60. The summed E-state index contributed by atoms with van der Waals surface area (Å²) in [6.07, 6.45) is 1.43. The van der Waals surface area contributed by atoms with Gasteiger partial charge in [-0.25, -0.2) is 5.43 Å². The summed E-state index contributed by atoms with van der Waals surface area (Å²) in [5.74, 6) is 0.765. The topological polar surface area (TPSA) is 73.1 Å². The van der Waals surface area contributed by atoms with Crippen LogP contribution >= 0.6 is 27.5 Å². The number of rotatable bonds is 6. The monoisotopic (exact) mass is 450 g/mol. The predicted octanol–water partition coefficient (Wildman–Crippen LogP) is 5.02. The van der Waals surface area contributed by atoms with Gasteiger partial charge in [-0.15, -0.1) is 0 Å². The molecular formula is C19H16BrClN2O4. The van der Waals surface area contributed by atoms with Crippen molar-refractivity contribution in [2.24, 2.45) is 5.10 Å². The van der Waals surface area contributed by atoms with Crippen LogP contribution in [0.3, 0.4) is 0 Å². The quantitative estimate of drug-likeness (QED) is 0.422. The third-order valence-electron chi connectivity index (χ3n) is 3.65. The number of fused-ring (bicyclic) bond motifs is 1. The lowest BCUT2D eigenvalue weighted by Crippen LogP contribution is -2.16. The molecule has 140 valence electrons. The maximum absolute atomic E-state index is 12.2. The number of methoxy groups -OCH3 is 1. The molecule has 6 nitrogen and oxygen atoms in total. The van der Waals surface area contributed by atoms with E-state index in [1.54, 1.807) is 24.3 Å². The standard InChI is InChI=1S/C19H16BrClN2O4/c1-3-26-17-8-12(14(21)9-16(17)25-2)10-22-23-19(24)18-7-11-6-13(20)4-5-15(11)27-18/h4-10H,3H2,1-2H3,(H,23,24)/b22-10+. The van der Waals surface area contributed by atoms with Crippen LogP contribution in [-0.2, 0) is 0 Å². The number of hydrogen-bond donors (Lipinski definition) is 1. The van der Waals surface area contributed by atoms with Crippen molar-refractivity contribution in [2.75, 3.05) is 13.7 Å². The number of carbonyl (C=O) groups is 1. The second-order valence-electron chi connectivity index (χ2n) is 5.45. The lowest BCUT2D eigenvalue weighted by Gasteiger charge is -2.11. The van der Waals surface area contributed by atoms with Gasteiger partial charge in [0.1, 0.15) is 5.58 Å². The van der Waals surface area contributed by atoms with Crippen LogP contribution in [0.2, 0.25) is 5.02 Å². The summed E-state index contributed by atoms with van der Waals surface area (Å²) in [7, 11) is 1.54. The lowest BCUT2D eigenvalue weighted by atomic mass is 10.2. The number of amides is 1. The Kier molecular flexibility index (Phi) is 6.03. The van der Waals surface area contributed by atoms with Crippen LogP contribution < -0.4 is 14.9 Å². The van der Waals surface area contributed by atoms with Gasteiger partial charge in [0.2, 0.25) is 0 Å². The fourth-order valence-corrected chi connectivity index (χ4v) is 3.00. The Balaban J connectivity index is 1.75. The van der Waals surface area contributed by atoms with Gasteiger partial charge in [-0.05, 0) is 37.3 Å². The molecule has 2 aromatic carbocycles. The molecule has 0 aliphatic heterocycles. The zero-order valence-electron chi connectivity index (χ0n) is 14.6. The van der Waals surface area contributed by atoms with E-state index in [9.17, 15) is 4.79 Å². The van der Waals surface area contributed by atoms with Crippen LogP contribution in [0.5, 0.6) is 11.5 Å². The second-order valence-corrected chi connectivity index (χ2v) is 6.77. The number of ether oxygens (including phenoxy) is 2. The smallest absolute Gasteiger partial charge is 0.307 e. The van der Waals surface area contributed by atoms with Crippen molar-refractivity contribution in [3.05, 3.63) is 57.2 Å². The van der Waals surface area contributed by atoms with E-state index in [0.29, 0.717) is 34.3 Å². The van der Waals surface area contributed by atoms with Crippen LogP contribution in [0.15, 0.2) is 50.4 Å². The number of halogens is 2. The highest BCUT2D eigenvalue weighted by Crippen LogP contribution is 2.32. The van der Waals surface area contributed by atoms with Crippen molar-refractivity contribution in [1.29, 1.82) is 0 Å². The molecular weight excluding hydrogens is 436 g/mol. The van der Waals surface area contributed by atoms with Gasteiger partial charge in [-0.1, -0.05) is 27.5 Å². The molecule has 0 saturated heterocycles. The third kappa shape index (κ3) is 4.43. The van der Waals surface area contributed by atoms with Crippen molar-refractivity contribution >= 4 is 50.6 Å². The van der Waals surface area contributed by atoms with Crippen molar-refractivity contribution < 1.29 is 18.7 Å². The van der Waals surface area contributed by atoms with Gasteiger partial charge in [0.05, 0.1) is 25.0 Å². The Morgan fingerprint density at radius 2 is 2.11 bits per heavy atom. The average Bonchev–Trinajstić information content (AvgIpc) is 3.07. The Labute approximate surface area is 169 Å². The number of benzene rings is 2. The molecule has 1 amide bonds. The SMILES string of the molecule is CCOc1cc(/C=N/NC(=O)c2cc3cc(Br)ccc3o2)c(Cl)cc1OC. The Morgan fingerprint density at radius 3 is 2.85 bits per heavy atom. The average molecular weight is 452 g/mol. The highest BCUT2D eigenvalue weighted by molar-refractivity contribution is 9.10. The summed E-state index contributed by atoms with van der Waals surface area (Å²) in [5.41, 5.74) is 3.62. The summed E-state index contributed by atoms with van der Waals surface area (Å²) in [6, 6.07) is 10.5. The molecule has 0 saturated carbocycles. The molecule has 0 bridgehead atoms. The molecule has 0 fully saturated rings. The van der Waals surface area contributed by atoms with Crippen LogP contribution in [0.25, 0.3) is 11.0 Å². The van der Waals surface area contributed by atoms with E-state index in [0.717, 1.165) is 9.86 Å². The molecule has 3 aromatic rings. The first-order valence-corrected chi connectivity index (χ1v) is 9.21. The Bertz CT molecular complexity index is 1020. The molecule has 27 heavy (non-hydrogen) atoms. The van der Waals surface area contributed by atoms with E-state index >= 15 is 0 Å². The minimum atomic E-state index is -0.465. The molecule has 1 heterocycles. The van der Waals surface area contributed by atoms with Crippen molar-refractivity contribution in [3.8, 4) is 11.5 Å². The molecule has 1 aromatic heterocycles. The van der Waals surface area contributed by atoms with Crippen molar-refractivity contribution in [1.82, 2.24) is 5.43 Å². The molecule has 8 heteroatoms. The number of hydrazone groups is 1. The van der Waals surface area contributed by atoms with Gasteiger partial charge in [-0.3, -0.25) is 4.79 Å². The molecule has 0 aliphatic carbocycles. The number of furan rings is 1. The number of hydrogen-bond acceptors (Lipinski definition) is 5. The summed E-state index contributed by atoms with van der Waals surface area (Å²) in [6.45, 7) is 2.35. The van der Waals surface area contributed by atoms with Gasteiger partial charge in [0, 0.05) is 21.5 Å². The minimum absolute atomic E-state index is 0.163. The Hall–Kier alpha value is -2.51. The minimum Gasteiger partial charge on any atom is -0.493 e. The fourth-order valence-electron chi connectivity index (χ4n) is 2.42.